The van der Waals surface area contributed by atoms with Gasteiger partial charge in [0.1, 0.15) is 0 Å². The second-order valence-corrected chi connectivity index (χ2v) is 10.4. The maximum absolute atomic E-state index is 13.2. The smallest absolute Gasteiger partial charge is 0.298 e. The van der Waals surface area contributed by atoms with Gasteiger partial charge in [-0.25, -0.2) is 9.80 Å². The number of imide groups is 2. The lowest BCUT2D eigenvalue weighted by molar-refractivity contribution is -0.122. The Labute approximate surface area is 232 Å². The molecule has 40 heavy (non-hydrogen) atoms. The number of rotatable bonds is 6. The van der Waals surface area contributed by atoms with E-state index in [1.807, 2.05) is 18.2 Å². The molecule has 2 saturated heterocycles. The molecule has 1 N–H and O–H groups in total. The number of nitrogens with zero attached hydrogens (tertiary/aromatic N) is 4. The van der Waals surface area contributed by atoms with Gasteiger partial charge in [-0.1, -0.05) is 66.7 Å². The van der Waals surface area contributed by atoms with Crippen molar-refractivity contribution in [1.82, 2.24) is 25.1 Å². The molecule has 5 amide bonds. The van der Waals surface area contributed by atoms with Gasteiger partial charge in [-0.15, -0.1) is 0 Å². The summed E-state index contributed by atoms with van der Waals surface area (Å²) in [6.07, 6.45) is 1.04. The highest BCUT2D eigenvalue weighted by Crippen LogP contribution is 2.30. The van der Waals surface area contributed by atoms with Crippen molar-refractivity contribution in [3.8, 4) is 0 Å². The van der Waals surface area contributed by atoms with E-state index in [9.17, 15) is 19.2 Å². The largest absolute Gasteiger partial charge is 0.343 e. The molecule has 3 heterocycles. The van der Waals surface area contributed by atoms with Gasteiger partial charge in [-0.3, -0.25) is 29.5 Å². The van der Waals surface area contributed by atoms with Gasteiger partial charge in [0.05, 0.1) is 23.7 Å². The SMILES string of the molecule is O=C1CCN(N2C(=O)c3ccc(CN4CCCN(C(c5ccccc5)c5ccccc5)CC4)cc3C2=O)C(=O)N1. The zero-order chi connectivity index (χ0) is 27.6. The zero-order valence-corrected chi connectivity index (χ0v) is 22.2. The average Bonchev–Trinajstić information content (AvgIpc) is 3.09. The summed E-state index contributed by atoms with van der Waals surface area (Å²) >= 11 is 0. The van der Waals surface area contributed by atoms with Crippen LogP contribution in [0, 0.1) is 0 Å². The summed E-state index contributed by atoms with van der Waals surface area (Å²) < 4.78 is 0. The standard InChI is InChI=1S/C31H31N5O4/c37-27-14-17-35(31(40)32-27)36-29(38)25-13-12-22(20-26(25)30(36)39)21-33-15-7-16-34(19-18-33)28(23-8-3-1-4-9-23)24-10-5-2-6-11-24/h1-6,8-13,20,28H,7,14-19,21H2,(H,32,37,40). The van der Waals surface area contributed by atoms with E-state index >= 15 is 0 Å². The van der Waals surface area contributed by atoms with Gasteiger partial charge in [0.25, 0.3) is 11.8 Å². The maximum atomic E-state index is 13.2. The lowest BCUT2D eigenvalue weighted by atomic mass is 9.97. The van der Waals surface area contributed by atoms with Gasteiger partial charge in [-0.05, 0) is 41.8 Å². The number of hydrogen-bond acceptors (Lipinski definition) is 6. The van der Waals surface area contributed by atoms with E-state index in [0.29, 0.717) is 6.54 Å². The molecule has 0 aromatic heterocycles. The fraction of sp³-hybridized carbons (Fsp3) is 0.290. The number of carbonyl (C=O) groups is 4. The first-order valence-electron chi connectivity index (χ1n) is 13.7. The van der Waals surface area contributed by atoms with Crippen LogP contribution in [0.5, 0.6) is 0 Å². The van der Waals surface area contributed by atoms with Crippen LogP contribution in [-0.2, 0) is 11.3 Å². The number of nitrogens with one attached hydrogen (secondary N) is 1. The van der Waals surface area contributed by atoms with Crippen molar-refractivity contribution >= 4 is 23.8 Å². The first kappa shape index (κ1) is 25.9. The van der Waals surface area contributed by atoms with Crippen LogP contribution >= 0.6 is 0 Å². The molecule has 0 atom stereocenters. The van der Waals surface area contributed by atoms with E-state index in [1.165, 1.54) is 11.1 Å². The van der Waals surface area contributed by atoms with Gasteiger partial charge in [0, 0.05) is 32.6 Å². The Balaban J connectivity index is 1.16. The van der Waals surface area contributed by atoms with Crippen LogP contribution in [0.1, 0.15) is 56.3 Å². The Morgan fingerprint density at radius 1 is 0.700 bits per heavy atom. The van der Waals surface area contributed by atoms with Crippen molar-refractivity contribution in [2.75, 3.05) is 32.7 Å². The zero-order valence-electron chi connectivity index (χ0n) is 22.2. The third-order valence-corrected chi connectivity index (χ3v) is 7.83. The number of fused-ring (bicyclic) bond motifs is 1. The van der Waals surface area contributed by atoms with Gasteiger partial charge in [0.15, 0.2) is 0 Å². The molecule has 0 unspecified atom stereocenters. The van der Waals surface area contributed by atoms with Crippen molar-refractivity contribution in [2.24, 2.45) is 0 Å². The molecule has 0 radical (unpaired) electrons. The van der Waals surface area contributed by atoms with Crippen LogP contribution in [0.2, 0.25) is 0 Å². The summed E-state index contributed by atoms with van der Waals surface area (Å²) in [5.74, 6) is -1.51. The first-order valence-corrected chi connectivity index (χ1v) is 13.7. The molecule has 9 heteroatoms. The van der Waals surface area contributed by atoms with Crippen LogP contribution in [-0.4, -0.2) is 76.3 Å². The predicted octanol–water partition coefficient (Wildman–Crippen LogP) is 3.44. The third-order valence-electron chi connectivity index (χ3n) is 7.83. The molecule has 0 aliphatic carbocycles. The van der Waals surface area contributed by atoms with Crippen LogP contribution in [0.25, 0.3) is 0 Å². The second-order valence-electron chi connectivity index (χ2n) is 10.4. The normalized spacial score (nSPS) is 18.7. The van der Waals surface area contributed by atoms with Crippen molar-refractivity contribution in [3.05, 3.63) is 107 Å². The van der Waals surface area contributed by atoms with E-state index in [0.717, 1.165) is 48.2 Å². The molecule has 3 aromatic rings. The number of urea groups is 1. The number of hydrogen-bond donors (Lipinski definition) is 1. The first-order chi connectivity index (χ1) is 19.5. The minimum absolute atomic E-state index is 0.0137. The Morgan fingerprint density at radius 3 is 2.05 bits per heavy atom. The Morgan fingerprint density at radius 2 is 1.38 bits per heavy atom. The van der Waals surface area contributed by atoms with Gasteiger partial charge in [-0.2, -0.15) is 5.01 Å². The van der Waals surface area contributed by atoms with Gasteiger partial charge >= 0.3 is 6.03 Å². The fourth-order valence-electron chi connectivity index (χ4n) is 5.89. The van der Waals surface area contributed by atoms with E-state index in [-0.39, 0.29) is 30.1 Å². The highest BCUT2D eigenvalue weighted by atomic mass is 16.2. The molecule has 3 aliphatic rings. The van der Waals surface area contributed by atoms with E-state index < -0.39 is 23.8 Å². The van der Waals surface area contributed by atoms with Crippen molar-refractivity contribution < 1.29 is 19.2 Å². The molecule has 6 rings (SSSR count). The van der Waals surface area contributed by atoms with Crippen molar-refractivity contribution in [1.29, 1.82) is 0 Å². The van der Waals surface area contributed by atoms with Crippen LogP contribution in [0.3, 0.4) is 0 Å². The molecule has 3 aromatic carbocycles. The van der Waals surface area contributed by atoms with E-state index in [4.69, 9.17) is 0 Å². The Kier molecular flexibility index (Phi) is 7.15. The third kappa shape index (κ3) is 5.01. The summed E-state index contributed by atoms with van der Waals surface area (Å²) in [6.45, 7) is 4.30. The summed E-state index contributed by atoms with van der Waals surface area (Å²) in [6, 6.07) is 26.0. The lowest BCUT2D eigenvalue weighted by Gasteiger charge is -2.32. The topological polar surface area (TPSA) is 93.3 Å². The highest BCUT2D eigenvalue weighted by Gasteiger charge is 2.43. The monoisotopic (exact) mass is 537 g/mol. The molecule has 0 spiro atoms. The number of carbonyl (C=O) groups excluding carboxylic acids is 4. The minimum atomic E-state index is -0.760. The molecule has 9 nitrogen and oxygen atoms in total. The van der Waals surface area contributed by atoms with Crippen LogP contribution < -0.4 is 5.32 Å². The Hall–Kier alpha value is -4.34. The molecule has 0 bridgehead atoms. The van der Waals surface area contributed by atoms with E-state index in [1.54, 1.807) is 12.1 Å². The summed E-state index contributed by atoms with van der Waals surface area (Å²) in [5, 5.41) is 4.04. The predicted molar refractivity (Wildman–Crippen MR) is 148 cm³/mol. The van der Waals surface area contributed by atoms with Crippen LogP contribution in [0.4, 0.5) is 4.79 Å². The van der Waals surface area contributed by atoms with Crippen LogP contribution in [0.15, 0.2) is 78.9 Å². The molecule has 2 fully saturated rings. The average molecular weight is 538 g/mol. The molecular formula is C31H31N5O4. The van der Waals surface area contributed by atoms with Gasteiger partial charge in [0.2, 0.25) is 5.91 Å². The number of hydrazine groups is 1. The molecular weight excluding hydrogens is 506 g/mol. The molecule has 0 saturated carbocycles. The second kappa shape index (κ2) is 11.0. The summed E-state index contributed by atoms with van der Waals surface area (Å²) in [7, 11) is 0. The minimum Gasteiger partial charge on any atom is -0.298 e. The molecule has 204 valence electrons. The van der Waals surface area contributed by atoms with Gasteiger partial charge < -0.3 is 0 Å². The van der Waals surface area contributed by atoms with Crippen molar-refractivity contribution in [2.45, 2.75) is 25.4 Å². The highest BCUT2D eigenvalue weighted by molar-refractivity contribution is 6.22. The molecule has 3 aliphatic heterocycles. The summed E-state index contributed by atoms with van der Waals surface area (Å²) in [4.78, 5) is 54.9. The summed E-state index contributed by atoms with van der Waals surface area (Å²) in [5.41, 5.74) is 4.06. The van der Waals surface area contributed by atoms with Crippen molar-refractivity contribution in [3.63, 3.8) is 0 Å². The fourth-order valence-corrected chi connectivity index (χ4v) is 5.89. The van der Waals surface area contributed by atoms with E-state index in [2.05, 4.69) is 63.6 Å². The maximum Gasteiger partial charge on any atom is 0.343 e. The Bertz CT molecular complexity index is 1410. The quantitative estimate of drug-likeness (QED) is 0.485. The number of amides is 5. The number of benzene rings is 3. The lowest BCUT2D eigenvalue weighted by Crippen LogP contribution is -2.58.